The largest absolute Gasteiger partial charge is 0.377 e. The molecule has 2 heterocycles. The quantitative estimate of drug-likeness (QED) is 0.648. The zero-order chi connectivity index (χ0) is 14.6. The summed E-state index contributed by atoms with van der Waals surface area (Å²) in [6, 6.07) is 15.6. The molecule has 0 aliphatic carbocycles. The SMILES string of the molecule is Cc1ccc2c(C3Nc4ccccc4C3(C)C)c[nH]c2c1. The van der Waals surface area contributed by atoms with Crippen molar-refractivity contribution in [3.05, 3.63) is 65.4 Å². The van der Waals surface area contributed by atoms with Crippen LogP contribution in [0.25, 0.3) is 10.9 Å². The Morgan fingerprint density at radius 3 is 2.67 bits per heavy atom. The van der Waals surface area contributed by atoms with Crippen LogP contribution in [0.2, 0.25) is 0 Å². The Morgan fingerprint density at radius 2 is 1.86 bits per heavy atom. The average Bonchev–Trinajstić information content (AvgIpc) is 2.98. The van der Waals surface area contributed by atoms with Crippen molar-refractivity contribution < 1.29 is 0 Å². The topological polar surface area (TPSA) is 27.8 Å². The number of aromatic nitrogens is 1. The summed E-state index contributed by atoms with van der Waals surface area (Å²) in [5, 5.41) is 5.03. The van der Waals surface area contributed by atoms with Crippen LogP contribution in [0, 0.1) is 6.92 Å². The van der Waals surface area contributed by atoms with Crippen LogP contribution in [-0.4, -0.2) is 4.98 Å². The van der Waals surface area contributed by atoms with Gasteiger partial charge in [0.05, 0.1) is 6.04 Å². The lowest BCUT2D eigenvalue weighted by molar-refractivity contribution is 0.476. The minimum absolute atomic E-state index is 0.0800. The van der Waals surface area contributed by atoms with E-state index in [1.165, 1.54) is 33.3 Å². The van der Waals surface area contributed by atoms with Crippen molar-refractivity contribution in [1.29, 1.82) is 0 Å². The van der Waals surface area contributed by atoms with Gasteiger partial charge in [-0.15, -0.1) is 0 Å². The zero-order valence-corrected chi connectivity index (χ0v) is 12.7. The lowest BCUT2D eigenvalue weighted by Gasteiger charge is -2.27. The summed E-state index contributed by atoms with van der Waals surface area (Å²) < 4.78 is 0. The monoisotopic (exact) mass is 276 g/mol. The molecule has 4 rings (SSSR count). The Kier molecular flexibility index (Phi) is 2.47. The number of para-hydroxylation sites is 1. The summed E-state index contributed by atoms with van der Waals surface area (Å²) in [4.78, 5) is 3.43. The summed E-state index contributed by atoms with van der Waals surface area (Å²) in [7, 11) is 0. The van der Waals surface area contributed by atoms with E-state index in [0.29, 0.717) is 6.04 Å². The number of nitrogens with one attached hydrogen (secondary N) is 2. The van der Waals surface area contributed by atoms with E-state index in [2.05, 4.69) is 79.7 Å². The van der Waals surface area contributed by atoms with Gasteiger partial charge in [0.2, 0.25) is 0 Å². The minimum atomic E-state index is 0.0800. The van der Waals surface area contributed by atoms with E-state index in [1.807, 2.05) is 0 Å². The van der Waals surface area contributed by atoms with Gasteiger partial charge in [-0.2, -0.15) is 0 Å². The van der Waals surface area contributed by atoms with Crippen molar-refractivity contribution in [3.8, 4) is 0 Å². The first kappa shape index (κ1) is 12.5. The molecule has 1 aromatic heterocycles. The maximum atomic E-state index is 3.71. The highest BCUT2D eigenvalue weighted by molar-refractivity contribution is 5.85. The van der Waals surface area contributed by atoms with Crippen LogP contribution in [0.3, 0.4) is 0 Å². The van der Waals surface area contributed by atoms with Gasteiger partial charge in [-0.3, -0.25) is 0 Å². The van der Waals surface area contributed by atoms with E-state index in [4.69, 9.17) is 0 Å². The van der Waals surface area contributed by atoms with Gasteiger partial charge in [-0.25, -0.2) is 0 Å². The molecule has 0 bridgehead atoms. The third kappa shape index (κ3) is 1.72. The summed E-state index contributed by atoms with van der Waals surface area (Å²) >= 11 is 0. The second-order valence-electron chi connectivity index (χ2n) is 6.64. The molecule has 1 atom stereocenters. The van der Waals surface area contributed by atoms with Crippen molar-refractivity contribution in [3.63, 3.8) is 0 Å². The van der Waals surface area contributed by atoms with E-state index >= 15 is 0 Å². The Hall–Kier alpha value is -2.22. The number of aryl methyl sites for hydroxylation is 1. The molecule has 2 N–H and O–H groups in total. The summed E-state index contributed by atoms with van der Waals surface area (Å²) in [6.45, 7) is 6.78. The van der Waals surface area contributed by atoms with E-state index in [9.17, 15) is 0 Å². The zero-order valence-electron chi connectivity index (χ0n) is 12.7. The van der Waals surface area contributed by atoms with Crippen LogP contribution in [0.5, 0.6) is 0 Å². The highest BCUT2D eigenvalue weighted by Crippen LogP contribution is 2.49. The van der Waals surface area contributed by atoms with Gasteiger partial charge in [-0.1, -0.05) is 44.2 Å². The number of rotatable bonds is 1. The molecule has 1 aliphatic rings. The third-order valence-electron chi connectivity index (χ3n) is 4.82. The molecule has 0 saturated heterocycles. The first-order valence-corrected chi connectivity index (χ1v) is 7.51. The summed E-state index contributed by atoms with van der Waals surface area (Å²) in [5.41, 5.74) is 6.60. The highest BCUT2D eigenvalue weighted by Gasteiger charge is 2.40. The second-order valence-corrected chi connectivity index (χ2v) is 6.64. The lowest BCUT2D eigenvalue weighted by atomic mass is 9.78. The van der Waals surface area contributed by atoms with Gasteiger partial charge in [-0.05, 0) is 30.2 Å². The van der Waals surface area contributed by atoms with Crippen molar-refractivity contribution >= 4 is 16.6 Å². The molecule has 0 amide bonds. The van der Waals surface area contributed by atoms with Crippen LogP contribution >= 0.6 is 0 Å². The molecule has 0 saturated carbocycles. The van der Waals surface area contributed by atoms with Crippen LogP contribution in [0.1, 0.15) is 36.6 Å². The Morgan fingerprint density at radius 1 is 1.05 bits per heavy atom. The fourth-order valence-electron chi connectivity index (χ4n) is 3.63. The molecule has 1 aliphatic heterocycles. The molecule has 2 heteroatoms. The standard InChI is InChI=1S/C19H20N2/c1-12-8-9-13-14(11-20-17(13)10-12)18-19(2,3)15-6-4-5-7-16(15)21-18/h4-11,18,20-21H,1-3H3. The van der Waals surface area contributed by atoms with Crippen molar-refractivity contribution in [1.82, 2.24) is 4.98 Å². The first-order valence-electron chi connectivity index (χ1n) is 7.51. The van der Waals surface area contributed by atoms with Crippen molar-refractivity contribution in [2.75, 3.05) is 5.32 Å². The van der Waals surface area contributed by atoms with Gasteiger partial charge < -0.3 is 10.3 Å². The highest BCUT2D eigenvalue weighted by atomic mass is 15.0. The minimum Gasteiger partial charge on any atom is -0.377 e. The summed E-state index contributed by atoms with van der Waals surface area (Å²) in [6.07, 6.45) is 2.16. The Balaban J connectivity index is 1.87. The fraction of sp³-hybridized carbons (Fsp3) is 0.263. The molecule has 0 spiro atoms. The van der Waals surface area contributed by atoms with E-state index in [-0.39, 0.29) is 5.41 Å². The number of anilines is 1. The van der Waals surface area contributed by atoms with Crippen LogP contribution in [-0.2, 0) is 5.41 Å². The molecule has 0 radical (unpaired) electrons. The summed E-state index contributed by atoms with van der Waals surface area (Å²) in [5.74, 6) is 0. The molecule has 21 heavy (non-hydrogen) atoms. The predicted molar refractivity (Wildman–Crippen MR) is 88.9 cm³/mol. The second kappa shape index (κ2) is 4.14. The first-order chi connectivity index (χ1) is 10.1. The van der Waals surface area contributed by atoms with Gasteiger partial charge in [0.15, 0.2) is 0 Å². The molecule has 0 fully saturated rings. The van der Waals surface area contributed by atoms with E-state index in [0.717, 1.165) is 0 Å². The Labute approximate surface area is 125 Å². The van der Waals surface area contributed by atoms with Crippen LogP contribution in [0.15, 0.2) is 48.7 Å². The predicted octanol–water partition coefficient (Wildman–Crippen LogP) is 4.92. The number of hydrogen-bond donors (Lipinski definition) is 2. The third-order valence-corrected chi connectivity index (χ3v) is 4.82. The number of hydrogen-bond acceptors (Lipinski definition) is 1. The lowest BCUT2D eigenvalue weighted by Crippen LogP contribution is -2.25. The average molecular weight is 276 g/mol. The molecule has 106 valence electrons. The Bertz CT molecular complexity index is 826. The maximum absolute atomic E-state index is 3.71. The van der Waals surface area contributed by atoms with Gasteiger partial charge >= 0.3 is 0 Å². The van der Waals surface area contributed by atoms with Crippen molar-refractivity contribution in [2.45, 2.75) is 32.2 Å². The fourth-order valence-corrected chi connectivity index (χ4v) is 3.63. The number of fused-ring (bicyclic) bond motifs is 2. The number of aromatic amines is 1. The van der Waals surface area contributed by atoms with Gasteiger partial charge in [0.25, 0.3) is 0 Å². The molecule has 3 aromatic rings. The van der Waals surface area contributed by atoms with Crippen LogP contribution in [0.4, 0.5) is 5.69 Å². The number of benzene rings is 2. The smallest absolute Gasteiger partial charge is 0.0626 e. The molecular formula is C19H20N2. The molecule has 2 nitrogen and oxygen atoms in total. The normalized spacial score (nSPS) is 19.5. The van der Waals surface area contributed by atoms with E-state index < -0.39 is 0 Å². The molecule has 2 aromatic carbocycles. The number of H-pyrrole nitrogens is 1. The van der Waals surface area contributed by atoms with Gasteiger partial charge in [0.1, 0.15) is 0 Å². The molecular weight excluding hydrogens is 256 g/mol. The maximum Gasteiger partial charge on any atom is 0.0626 e. The van der Waals surface area contributed by atoms with Crippen LogP contribution < -0.4 is 5.32 Å². The van der Waals surface area contributed by atoms with Crippen molar-refractivity contribution in [2.24, 2.45) is 0 Å². The molecule has 1 unspecified atom stereocenters. The van der Waals surface area contributed by atoms with Gasteiger partial charge in [0, 0.05) is 33.8 Å². The van der Waals surface area contributed by atoms with E-state index in [1.54, 1.807) is 0 Å².